The summed E-state index contributed by atoms with van der Waals surface area (Å²) in [4.78, 5) is 26.7. The predicted octanol–water partition coefficient (Wildman–Crippen LogP) is 18.1. The molecule has 1 saturated heterocycles. The third kappa shape index (κ3) is 47.4. The molecule has 8 atom stereocenters. The first-order valence-electron chi connectivity index (χ1n) is 35.6. The SMILES string of the molecule is CCCCC/C=C\C/C=C\C/C=C\C/C=C\CCCCCCCCCCCC(=O)OC1C(OCC(NC(=O)C(O)CCCCCCCCCCCCCCCCCCCC)C(O)/C=C/CCCCCCCCCCCC)OC(CO)C(O)C1O. The molecule has 0 aromatic carbocycles. The van der Waals surface area contributed by atoms with Crippen LogP contribution in [0.25, 0.3) is 0 Å². The average Bonchev–Trinajstić information content (AvgIpc) is 3.69. The highest BCUT2D eigenvalue weighted by Crippen LogP contribution is 2.26. The highest BCUT2D eigenvalue weighted by Gasteiger charge is 2.47. The van der Waals surface area contributed by atoms with E-state index >= 15 is 0 Å². The maximum atomic E-state index is 13.5. The lowest BCUT2D eigenvalue weighted by molar-refractivity contribution is -0.305. The van der Waals surface area contributed by atoms with Crippen molar-refractivity contribution in [2.45, 2.75) is 378 Å². The number of ether oxygens (including phenoxy) is 3. The van der Waals surface area contributed by atoms with Gasteiger partial charge in [-0.15, -0.1) is 0 Å². The molecule has 0 bridgehead atoms. The molecule has 1 fully saturated rings. The van der Waals surface area contributed by atoms with Crippen LogP contribution in [0.3, 0.4) is 0 Å². The van der Waals surface area contributed by atoms with Crippen molar-refractivity contribution in [3.8, 4) is 0 Å². The normalized spacial score (nSPS) is 18.8. The molecule has 11 nitrogen and oxygen atoms in total. The highest BCUT2D eigenvalue weighted by molar-refractivity contribution is 5.80. The number of aliphatic hydroxyl groups is 5. The van der Waals surface area contributed by atoms with Crippen molar-refractivity contribution in [2.75, 3.05) is 13.2 Å². The molecule has 0 saturated carbocycles. The quantitative estimate of drug-likeness (QED) is 0.0195. The first kappa shape index (κ1) is 79.4. The van der Waals surface area contributed by atoms with E-state index in [4.69, 9.17) is 14.2 Å². The second kappa shape index (κ2) is 60.6. The molecule has 6 N–H and O–H groups in total. The Morgan fingerprint density at radius 1 is 0.464 bits per heavy atom. The zero-order valence-electron chi connectivity index (χ0n) is 54.5. The number of rotatable bonds is 61. The maximum Gasteiger partial charge on any atom is 0.306 e. The van der Waals surface area contributed by atoms with E-state index in [1.54, 1.807) is 6.08 Å². The molecule has 1 rings (SSSR count). The van der Waals surface area contributed by atoms with Crippen molar-refractivity contribution in [1.82, 2.24) is 5.32 Å². The van der Waals surface area contributed by atoms with Gasteiger partial charge in [-0.05, 0) is 70.6 Å². The molecule has 8 unspecified atom stereocenters. The fraction of sp³-hybridized carbons (Fsp3) is 0.836. The predicted molar refractivity (Wildman–Crippen MR) is 352 cm³/mol. The summed E-state index contributed by atoms with van der Waals surface area (Å²) in [6.45, 7) is 5.80. The van der Waals surface area contributed by atoms with E-state index in [1.807, 2.05) is 6.08 Å². The molecule has 0 spiro atoms. The monoisotopic (exact) mass is 1180 g/mol. The molecule has 0 radical (unpaired) electrons. The standard InChI is InChI=1S/C73H133NO10/c1-4-7-10-13-16-19-22-25-27-29-31-32-33-34-35-36-37-39-41-43-46-49-52-55-58-61-68(78)84-71-70(80)69(79)67(62-75)83-73(71)82-63-64(65(76)59-56-53-50-47-44-24-21-18-15-12-9-6-3)74-72(81)66(77)60-57-54-51-48-45-42-40-38-30-28-26-23-20-17-14-11-8-5-2/h16,19,25,27,31-32,34-35,56,59,64-67,69-71,73,75-77,79-80H,4-15,17-18,20-24,26,28-30,33,36-55,57-58,60-63H2,1-3H3,(H,74,81)/b19-16-,27-25-,32-31-,35-34-,59-56+. The van der Waals surface area contributed by atoms with E-state index in [0.717, 1.165) is 89.9 Å². The first-order valence-corrected chi connectivity index (χ1v) is 35.6. The van der Waals surface area contributed by atoms with Crippen LogP contribution in [0, 0.1) is 0 Å². The van der Waals surface area contributed by atoms with Gasteiger partial charge >= 0.3 is 5.97 Å². The van der Waals surface area contributed by atoms with E-state index in [9.17, 15) is 35.1 Å². The Kier molecular flexibility index (Phi) is 57.3. The molecule has 11 heteroatoms. The summed E-state index contributed by atoms with van der Waals surface area (Å²) in [5.41, 5.74) is 0. The lowest BCUT2D eigenvalue weighted by atomic mass is 9.99. The fourth-order valence-corrected chi connectivity index (χ4v) is 11.0. The highest BCUT2D eigenvalue weighted by atomic mass is 16.7. The minimum Gasteiger partial charge on any atom is -0.454 e. The number of carbonyl (C=O) groups excluding carboxylic acids is 2. The van der Waals surface area contributed by atoms with Crippen LogP contribution in [0.1, 0.15) is 329 Å². The number of esters is 1. The van der Waals surface area contributed by atoms with Gasteiger partial charge in [0.2, 0.25) is 5.91 Å². The van der Waals surface area contributed by atoms with Crippen LogP contribution in [0.2, 0.25) is 0 Å². The molecule has 0 aromatic heterocycles. The molecule has 0 aliphatic carbocycles. The number of hydrogen-bond acceptors (Lipinski definition) is 10. The van der Waals surface area contributed by atoms with Crippen molar-refractivity contribution in [3.63, 3.8) is 0 Å². The van der Waals surface area contributed by atoms with E-state index in [2.05, 4.69) is 74.7 Å². The number of nitrogens with one attached hydrogen (secondary N) is 1. The number of hydrogen-bond donors (Lipinski definition) is 6. The molecule has 1 aliphatic heterocycles. The van der Waals surface area contributed by atoms with E-state index in [0.29, 0.717) is 19.3 Å². The van der Waals surface area contributed by atoms with Crippen LogP contribution in [0.15, 0.2) is 60.8 Å². The first-order chi connectivity index (χ1) is 41.2. The summed E-state index contributed by atoms with van der Waals surface area (Å²) in [5, 5.41) is 57.2. The van der Waals surface area contributed by atoms with E-state index in [1.165, 1.54) is 193 Å². The minimum atomic E-state index is -1.62. The second-order valence-corrected chi connectivity index (χ2v) is 24.6. The Balaban J connectivity index is 2.57. The molecule has 0 aromatic rings. The molecule has 490 valence electrons. The van der Waals surface area contributed by atoms with Crippen LogP contribution in [-0.2, 0) is 23.8 Å². The van der Waals surface area contributed by atoms with Crippen molar-refractivity contribution in [1.29, 1.82) is 0 Å². The molecule has 1 amide bonds. The lowest BCUT2D eigenvalue weighted by Crippen LogP contribution is -2.61. The zero-order valence-corrected chi connectivity index (χ0v) is 54.5. The smallest absolute Gasteiger partial charge is 0.306 e. The van der Waals surface area contributed by atoms with Crippen LogP contribution >= 0.6 is 0 Å². The summed E-state index contributed by atoms with van der Waals surface area (Å²) in [5.74, 6) is -1.19. The van der Waals surface area contributed by atoms with Gasteiger partial charge in [-0.25, -0.2) is 0 Å². The van der Waals surface area contributed by atoms with Gasteiger partial charge in [0, 0.05) is 6.42 Å². The van der Waals surface area contributed by atoms with Gasteiger partial charge in [0.1, 0.15) is 24.4 Å². The molecular weight excluding hydrogens is 1050 g/mol. The van der Waals surface area contributed by atoms with Gasteiger partial charge in [0.15, 0.2) is 12.4 Å². The van der Waals surface area contributed by atoms with Gasteiger partial charge < -0.3 is 45.1 Å². The molecular formula is C73H133NO10. The van der Waals surface area contributed by atoms with Gasteiger partial charge in [0.05, 0.1) is 25.4 Å². The van der Waals surface area contributed by atoms with Crippen molar-refractivity contribution in [3.05, 3.63) is 60.8 Å². The average molecular weight is 1180 g/mol. The summed E-state index contributed by atoms with van der Waals surface area (Å²) in [6.07, 6.45) is 66.8. The van der Waals surface area contributed by atoms with Crippen molar-refractivity contribution >= 4 is 11.9 Å². The topological polar surface area (TPSA) is 175 Å². The van der Waals surface area contributed by atoms with Gasteiger partial charge in [-0.3, -0.25) is 9.59 Å². The largest absolute Gasteiger partial charge is 0.454 e. The second-order valence-electron chi connectivity index (χ2n) is 24.6. The third-order valence-corrected chi connectivity index (χ3v) is 16.7. The molecule has 84 heavy (non-hydrogen) atoms. The Labute approximate surface area is 516 Å². The Bertz CT molecular complexity index is 1600. The summed E-state index contributed by atoms with van der Waals surface area (Å²) < 4.78 is 17.7. The van der Waals surface area contributed by atoms with Crippen LogP contribution in [-0.4, -0.2) is 99.6 Å². The number of carbonyl (C=O) groups is 2. The van der Waals surface area contributed by atoms with Crippen LogP contribution in [0.4, 0.5) is 0 Å². The Morgan fingerprint density at radius 2 is 0.821 bits per heavy atom. The number of allylic oxidation sites excluding steroid dienone is 9. The zero-order chi connectivity index (χ0) is 61.0. The summed E-state index contributed by atoms with van der Waals surface area (Å²) in [7, 11) is 0. The third-order valence-electron chi connectivity index (χ3n) is 16.7. The summed E-state index contributed by atoms with van der Waals surface area (Å²) >= 11 is 0. The van der Waals surface area contributed by atoms with Gasteiger partial charge in [0.25, 0.3) is 0 Å². The molecule has 1 heterocycles. The Hall–Kier alpha value is -2.64. The van der Waals surface area contributed by atoms with Crippen LogP contribution < -0.4 is 5.32 Å². The Morgan fingerprint density at radius 3 is 1.25 bits per heavy atom. The van der Waals surface area contributed by atoms with E-state index < -0.39 is 67.4 Å². The fourth-order valence-electron chi connectivity index (χ4n) is 11.0. The minimum absolute atomic E-state index is 0.117. The number of aliphatic hydroxyl groups excluding tert-OH is 5. The van der Waals surface area contributed by atoms with Gasteiger partial charge in [-0.2, -0.15) is 0 Å². The maximum absolute atomic E-state index is 13.5. The van der Waals surface area contributed by atoms with E-state index in [-0.39, 0.29) is 13.0 Å². The van der Waals surface area contributed by atoms with Gasteiger partial charge in [-0.1, -0.05) is 313 Å². The number of amides is 1. The molecule has 1 aliphatic rings. The van der Waals surface area contributed by atoms with Crippen LogP contribution in [0.5, 0.6) is 0 Å². The van der Waals surface area contributed by atoms with Crippen molar-refractivity contribution < 1.29 is 49.3 Å². The van der Waals surface area contributed by atoms with Crippen molar-refractivity contribution in [2.24, 2.45) is 0 Å². The lowest BCUT2D eigenvalue weighted by Gasteiger charge is -2.41. The number of unbranched alkanes of at least 4 members (excludes halogenated alkanes) is 39. The summed E-state index contributed by atoms with van der Waals surface area (Å²) in [6, 6.07) is -1.02.